The van der Waals surface area contributed by atoms with E-state index in [1.807, 2.05) is 0 Å². The van der Waals surface area contributed by atoms with E-state index in [2.05, 4.69) is 5.10 Å². The van der Waals surface area contributed by atoms with Gasteiger partial charge in [0.15, 0.2) is 11.5 Å². The van der Waals surface area contributed by atoms with Crippen molar-refractivity contribution in [2.24, 2.45) is 13.0 Å². The number of Topliss-reactive ketones (excluding diaryl/α,β-unsaturated/α-hetero) is 1. The lowest BCUT2D eigenvalue weighted by atomic mass is 9.86. The minimum absolute atomic E-state index is 0.110. The highest BCUT2D eigenvalue weighted by Gasteiger charge is 2.38. The molecule has 1 saturated carbocycles. The zero-order valence-electron chi connectivity index (χ0n) is 20.8. The van der Waals surface area contributed by atoms with Crippen molar-refractivity contribution in [3.63, 3.8) is 0 Å². The van der Waals surface area contributed by atoms with Gasteiger partial charge in [0.25, 0.3) is 5.68 Å². The average molecular weight is 527 g/mol. The Bertz CT molecular complexity index is 1560. The summed E-state index contributed by atoms with van der Waals surface area (Å²) >= 11 is 0. The van der Waals surface area contributed by atoms with Crippen LogP contribution in [0.5, 0.6) is 0 Å². The fraction of sp³-hybridized carbons (Fsp3) is 0.321. The third-order valence-electron chi connectivity index (χ3n) is 6.96. The van der Waals surface area contributed by atoms with Crippen LogP contribution in [0.25, 0.3) is 11.1 Å². The highest BCUT2D eigenvalue weighted by atomic mass is 19.4. The third-order valence-corrected chi connectivity index (χ3v) is 6.96. The number of rotatable bonds is 8. The Balaban J connectivity index is 1.55. The fourth-order valence-corrected chi connectivity index (χ4v) is 4.91. The molecule has 5 rings (SSSR count). The van der Waals surface area contributed by atoms with E-state index in [9.17, 15) is 22.4 Å². The number of halogens is 4. The van der Waals surface area contributed by atoms with Crippen molar-refractivity contribution in [2.75, 3.05) is 0 Å². The van der Waals surface area contributed by atoms with Gasteiger partial charge in [-0.15, -0.1) is 0 Å². The molecule has 0 bridgehead atoms. The molecular formula is C28H26F4N4O2. The van der Waals surface area contributed by atoms with E-state index >= 15 is 0 Å². The van der Waals surface area contributed by atoms with Crippen molar-refractivity contribution in [1.29, 1.82) is 5.41 Å². The van der Waals surface area contributed by atoms with E-state index in [1.54, 1.807) is 37.4 Å². The zero-order chi connectivity index (χ0) is 27.2. The van der Waals surface area contributed by atoms with Crippen LogP contribution in [-0.4, -0.2) is 20.1 Å². The molecule has 2 heterocycles. The summed E-state index contributed by atoms with van der Waals surface area (Å²) in [5, 5.41) is 11.5. The molecule has 10 heteroatoms. The second-order valence-corrected chi connectivity index (χ2v) is 9.90. The first-order valence-corrected chi connectivity index (χ1v) is 12.2. The Morgan fingerprint density at radius 1 is 1.21 bits per heavy atom. The quantitative estimate of drug-likeness (QED) is 0.218. The molecule has 6 nitrogen and oxygen atoms in total. The number of alkyl halides is 3. The largest absolute Gasteiger partial charge is 0.435 e. The Morgan fingerprint density at radius 3 is 2.61 bits per heavy atom. The monoisotopic (exact) mass is 526 g/mol. The molecule has 2 aromatic carbocycles. The number of benzene rings is 2. The van der Waals surface area contributed by atoms with Gasteiger partial charge in [-0.2, -0.15) is 18.3 Å². The number of carbonyl (C=O) groups excluding carboxylic acids is 1. The molecule has 4 aromatic rings. The van der Waals surface area contributed by atoms with Gasteiger partial charge in [0.1, 0.15) is 12.1 Å². The van der Waals surface area contributed by atoms with Crippen molar-refractivity contribution in [3.8, 4) is 11.1 Å². The molecule has 38 heavy (non-hydrogen) atoms. The maximum Gasteiger partial charge on any atom is 0.435 e. The molecule has 1 fully saturated rings. The number of carbonyl (C=O) groups is 1. The highest BCUT2D eigenvalue weighted by Crippen LogP contribution is 2.45. The molecule has 0 amide bonds. The fourth-order valence-electron chi connectivity index (χ4n) is 4.91. The predicted octanol–water partition coefficient (Wildman–Crippen LogP) is 6.24. The van der Waals surface area contributed by atoms with Crippen molar-refractivity contribution in [3.05, 3.63) is 94.5 Å². The standard InChI is InChI=1S/C28H26F4N4O2/c1-16-9-19(5-6-24(16)29)22(18-3-4-18)13-25(37)21-11-17(14-36-7-8-38-27(36)33)10-20(12-21)23-15-35(2)34-26(23)28(30,31)32/h5-12,15,18,22,33H,3-4,13-14H2,1-2H3/t22-/m0/s1. The number of aryl methyl sites for hydroxylation is 2. The summed E-state index contributed by atoms with van der Waals surface area (Å²) in [5.74, 6) is -0.336. The first kappa shape index (κ1) is 25.7. The van der Waals surface area contributed by atoms with Crippen LogP contribution in [0.3, 0.4) is 0 Å². The number of oxazole rings is 1. The smallest absolute Gasteiger partial charge is 0.432 e. The Kier molecular flexibility index (Phi) is 6.58. The van der Waals surface area contributed by atoms with Gasteiger partial charge in [-0.1, -0.05) is 12.1 Å². The first-order chi connectivity index (χ1) is 18.0. The Hall–Kier alpha value is -3.95. The van der Waals surface area contributed by atoms with Gasteiger partial charge >= 0.3 is 6.18 Å². The molecule has 1 N–H and O–H groups in total. The number of aromatic nitrogens is 3. The second kappa shape index (κ2) is 9.74. The summed E-state index contributed by atoms with van der Waals surface area (Å²) < 4.78 is 62.8. The van der Waals surface area contributed by atoms with E-state index in [-0.39, 0.29) is 52.9 Å². The van der Waals surface area contributed by atoms with Crippen LogP contribution < -0.4 is 5.68 Å². The SMILES string of the molecule is Cc1cc([C@@H](CC(=O)c2cc(Cn3ccoc3=N)cc(-c3cn(C)nc3C(F)(F)F)c2)C2CC2)ccc1F. The van der Waals surface area contributed by atoms with Crippen LogP contribution >= 0.6 is 0 Å². The minimum Gasteiger partial charge on any atom is -0.432 e. The zero-order valence-corrected chi connectivity index (χ0v) is 20.8. The molecular weight excluding hydrogens is 500 g/mol. The normalized spacial score (nSPS) is 14.6. The molecule has 1 atom stereocenters. The van der Waals surface area contributed by atoms with Crippen LogP contribution in [0.2, 0.25) is 0 Å². The summed E-state index contributed by atoms with van der Waals surface area (Å²) in [4.78, 5) is 13.6. The van der Waals surface area contributed by atoms with Gasteiger partial charge in [0, 0.05) is 37.0 Å². The maximum absolute atomic E-state index is 13.9. The summed E-state index contributed by atoms with van der Waals surface area (Å²) in [7, 11) is 1.41. The number of hydrogen-bond donors (Lipinski definition) is 1. The van der Waals surface area contributed by atoms with Gasteiger partial charge in [0.05, 0.1) is 6.54 Å². The number of nitrogens with one attached hydrogen (secondary N) is 1. The summed E-state index contributed by atoms with van der Waals surface area (Å²) in [5.41, 5.74) is 1.12. The van der Waals surface area contributed by atoms with Crippen LogP contribution in [0, 0.1) is 24.1 Å². The predicted molar refractivity (Wildman–Crippen MR) is 131 cm³/mol. The molecule has 198 valence electrons. The topological polar surface area (TPSA) is 76.8 Å². The lowest BCUT2D eigenvalue weighted by molar-refractivity contribution is -0.140. The molecule has 1 aliphatic rings. The number of nitrogens with zero attached hydrogens (tertiary/aromatic N) is 3. The van der Waals surface area contributed by atoms with Crippen LogP contribution in [0.4, 0.5) is 17.6 Å². The molecule has 0 saturated heterocycles. The molecule has 2 aromatic heterocycles. The molecule has 0 unspecified atom stereocenters. The minimum atomic E-state index is -4.68. The summed E-state index contributed by atoms with van der Waals surface area (Å²) in [6.07, 6.45) is 1.57. The second-order valence-electron chi connectivity index (χ2n) is 9.90. The molecule has 1 aliphatic carbocycles. The Morgan fingerprint density at radius 2 is 1.97 bits per heavy atom. The number of hydrogen-bond acceptors (Lipinski definition) is 4. The van der Waals surface area contributed by atoms with Crippen LogP contribution in [0.15, 0.2) is 59.5 Å². The van der Waals surface area contributed by atoms with E-state index < -0.39 is 11.9 Å². The van der Waals surface area contributed by atoms with E-state index in [0.717, 1.165) is 23.1 Å². The van der Waals surface area contributed by atoms with Crippen LogP contribution in [-0.2, 0) is 19.8 Å². The third kappa shape index (κ3) is 5.34. The lowest BCUT2D eigenvalue weighted by Gasteiger charge is -2.18. The molecule has 0 radical (unpaired) electrons. The van der Waals surface area contributed by atoms with Crippen molar-refractivity contribution in [2.45, 2.75) is 44.8 Å². The van der Waals surface area contributed by atoms with Crippen molar-refractivity contribution in [1.82, 2.24) is 14.3 Å². The van der Waals surface area contributed by atoms with Gasteiger partial charge in [-0.3, -0.25) is 19.5 Å². The first-order valence-electron chi connectivity index (χ1n) is 12.2. The van der Waals surface area contributed by atoms with Gasteiger partial charge in [0.2, 0.25) is 0 Å². The van der Waals surface area contributed by atoms with Crippen LogP contribution in [0.1, 0.15) is 57.9 Å². The van der Waals surface area contributed by atoms with E-state index in [0.29, 0.717) is 17.0 Å². The number of ketones is 1. The lowest BCUT2D eigenvalue weighted by Crippen LogP contribution is -2.15. The van der Waals surface area contributed by atoms with E-state index in [4.69, 9.17) is 9.83 Å². The van der Waals surface area contributed by atoms with Crippen molar-refractivity contribution < 1.29 is 26.8 Å². The maximum atomic E-state index is 13.9. The Labute approximate surface area is 216 Å². The van der Waals surface area contributed by atoms with Gasteiger partial charge < -0.3 is 4.42 Å². The molecule has 0 aliphatic heterocycles. The van der Waals surface area contributed by atoms with Gasteiger partial charge in [-0.25, -0.2) is 4.39 Å². The van der Waals surface area contributed by atoms with Crippen molar-refractivity contribution >= 4 is 5.78 Å². The van der Waals surface area contributed by atoms with Gasteiger partial charge in [-0.05, 0) is 78.1 Å². The average Bonchev–Trinajstić information content (AvgIpc) is 3.50. The highest BCUT2D eigenvalue weighted by molar-refractivity contribution is 5.98. The summed E-state index contributed by atoms with van der Waals surface area (Å²) in [6.45, 7) is 1.81. The molecule has 0 spiro atoms. The van der Waals surface area contributed by atoms with E-state index in [1.165, 1.54) is 36.2 Å². The summed E-state index contributed by atoms with van der Waals surface area (Å²) in [6, 6.07) is 9.57.